The maximum Gasteiger partial charge on any atom is 0.145 e. The van der Waals surface area contributed by atoms with Crippen molar-refractivity contribution in [2.24, 2.45) is 17.2 Å². The van der Waals surface area contributed by atoms with Gasteiger partial charge in [-0.05, 0) is 13.0 Å². The van der Waals surface area contributed by atoms with Crippen LogP contribution in [0.15, 0.2) is 18.2 Å². The molecular formula is C9H16N4O. The second-order valence-electron chi connectivity index (χ2n) is 3.08. The van der Waals surface area contributed by atoms with Gasteiger partial charge >= 0.3 is 0 Å². The van der Waals surface area contributed by atoms with Crippen molar-refractivity contribution in [1.82, 2.24) is 0 Å². The summed E-state index contributed by atoms with van der Waals surface area (Å²) in [6, 6.07) is 5.17. The van der Waals surface area contributed by atoms with Gasteiger partial charge in [0.05, 0.1) is 12.3 Å². The molecular weight excluding hydrogens is 180 g/mol. The first-order chi connectivity index (χ1) is 6.46. The van der Waals surface area contributed by atoms with Crippen molar-refractivity contribution in [1.29, 1.82) is 0 Å². The average Bonchev–Trinajstić information content (AvgIpc) is 2.07. The van der Waals surface area contributed by atoms with Crippen LogP contribution in [0.1, 0.15) is 12.5 Å². The number of hydrogen-bond acceptors (Lipinski definition) is 5. The summed E-state index contributed by atoms with van der Waals surface area (Å²) in [5.74, 6) is -0.882. The molecule has 0 amide bonds. The molecule has 5 nitrogen and oxygen atoms in total. The Bertz CT molecular complexity index is 319. The van der Waals surface area contributed by atoms with Crippen LogP contribution in [0.2, 0.25) is 0 Å². The molecule has 14 heavy (non-hydrogen) atoms. The minimum Gasteiger partial charge on any atom is -0.492 e. The molecule has 0 aliphatic carbocycles. The average molecular weight is 196 g/mol. The molecule has 8 N–H and O–H groups in total. The topological polar surface area (TPSA) is 113 Å². The van der Waals surface area contributed by atoms with E-state index < -0.39 is 5.79 Å². The van der Waals surface area contributed by atoms with E-state index in [1.54, 1.807) is 18.2 Å². The van der Waals surface area contributed by atoms with Crippen LogP contribution in [0.4, 0.5) is 5.69 Å². The summed E-state index contributed by atoms with van der Waals surface area (Å²) in [5, 5.41) is 0. The maximum atomic E-state index is 5.79. The molecule has 0 spiro atoms. The molecule has 0 aromatic heterocycles. The Balaban J connectivity index is 3.14. The smallest absolute Gasteiger partial charge is 0.145 e. The standard InChI is InChI=1S/C9H16N4O/c1-2-14-7-5-3-4-6(8(7)10)9(11,12)13/h3-5H,2,10-13H2,1H3. The number of para-hydroxylation sites is 1. The maximum absolute atomic E-state index is 5.79. The lowest BCUT2D eigenvalue weighted by atomic mass is 10.1. The van der Waals surface area contributed by atoms with E-state index in [1.165, 1.54) is 0 Å². The molecule has 0 fully saturated rings. The molecule has 78 valence electrons. The van der Waals surface area contributed by atoms with Gasteiger partial charge in [-0.25, -0.2) is 0 Å². The van der Waals surface area contributed by atoms with Crippen molar-refractivity contribution in [3.05, 3.63) is 23.8 Å². The highest BCUT2D eigenvalue weighted by Gasteiger charge is 2.20. The lowest BCUT2D eigenvalue weighted by Gasteiger charge is -2.22. The predicted octanol–water partition coefficient (Wildman–Crippen LogP) is -0.346. The van der Waals surface area contributed by atoms with Gasteiger partial charge < -0.3 is 10.5 Å². The van der Waals surface area contributed by atoms with Crippen LogP contribution in [0.25, 0.3) is 0 Å². The summed E-state index contributed by atoms with van der Waals surface area (Å²) in [6.07, 6.45) is 0. The van der Waals surface area contributed by atoms with Gasteiger partial charge in [0.2, 0.25) is 0 Å². The molecule has 0 heterocycles. The van der Waals surface area contributed by atoms with Gasteiger partial charge in [0, 0.05) is 5.56 Å². The second kappa shape index (κ2) is 3.83. The van der Waals surface area contributed by atoms with E-state index in [0.29, 0.717) is 23.6 Å². The molecule has 0 atom stereocenters. The number of anilines is 1. The highest BCUT2D eigenvalue weighted by molar-refractivity contribution is 5.60. The van der Waals surface area contributed by atoms with E-state index in [4.69, 9.17) is 27.7 Å². The number of benzene rings is 1. The van der Waals surface area contributed by atoms with Crippen molar-refractivity contribution in [3.8, 4) is 5.75 Å². The van der Waals surface area contributed by atoms with E-state index in [2.05, 4.69) is 0 Å². The third-order valence-corrected chi connectivity index (χ3v) is 1.83. The molecule has 1 rings (SSSR count). The first-order valence-corrected chi connectivity index (χ1v) is 4.35. The molecule has 0 bridgehead atoms. The van der Waals surface area contributed by atoms with Crippen molar-refractivity contribution in [2.45, 2.75) is 12.7 Å². The Labute approximate surface area is 83.0 Å². The van der Waals surface area contributed by atoms with Gasteiger partial charge in [-0.15, -0.1) is 0 Å². The zero-order chi connectivity index (χ0) is 10.8. The number of rotatable bonds is 3. The Morgan fingerprint density at radius 1 is 1.29 bits per heavy atom. The molecule has 5 heteroatoms. The highest BCUT2D eigenvalue weighted by Crippen LogP contribution is 2.27. The quantitative estimate of drug-likeness (QED) is 0.390. The van der Waals surface area contributed by atoms with Crippen molar-refractivity contribution >= 4 is 5.69 Å². The number of nitrogen functional groups attached to an aromatic ring is 1. The summed E-state index contributed by atoms with van der Waals surface area (Å²) >= 11 is 0. The monoisotopic (exact) mass is 196 g/mol. The van der Waals surface area contributed by atoms with Crippen LogP contribution >= 0.6 is 0 Å². The minimum absolute atomic E-state index is 0.391. The molecule has 0 radical (unpaired) electrons. The predicted molar refractivity (Wildman–Crippen MR) is 56.3 cm³/mol. The fourth-order valence-corrected chi connectivity index (χ4v) is 1.20. The zero-order valence-corrected chi connectivity index (χ0v) is 8.16. The fraction of sp³-hybridized carbons (Fsp3) is 0.333. The summed E-state index contributed by atoms with van der Waals surface area (Å²) < 4.78 is 5.28. The first-order valence-electron chi connectivity index (χ1n) is 4.35. The van der Waals surface area contributed by atoms with Gasteiger partial charge in [-0.3, -0.25) is 17.2 Å². The van der Waals surface area contributed by atoms with E-state index in [1.807, 2.05) is 6.92 Å². The summed E-state index contributed by atoms with van der Waals surface area (Å²) in [5.41, 5.74) is 23.3. The normalized spacial score (nSPS) is 11.4. The van der Waals surface area contributed by atoms with Gasteiger partial charge in [-0.2, -0.15) is 0 Å². The summed E-state index contributed by atoms with van der Waals surface area (Å²) in [7, 11) is 0. The van der Waals surface area contributed by atoms with Gasteiger partial charge in [0.25, 0.3) is 0 Å². The van der Waals surface area contributed by atoms with Gasteiger partial charge in [-0.1, -0.05) is 12.1 Å². The Morgan fingerprint density at radius 2 is 1.93 bits per heavy atom. The van der Waals surface area contributed by atoms with Crippen LogP contribution in [0.5, 0.6) is 5.75 Å². The number of hydrogen-bond donors (Lipinski definition) is 4. The van der Waals surface area contributed by atoms with Crippen molar-refractivity contribution in [3.63, 3.8) is 0 Å². The Kier molecular flexibility index (Phi) is 2.95. The zero-order valence-electron chi connectivity index (χ0n) is 8.16. The molecule has 0 aliphatic heterocycles. The van der Waals surface area contributed by atoms with Crippen LogP contribution in [0.3, 0.4) is 0 Å². The molecule has 0 aliphatic rings. The Morgan fingerprint density at radius 3 is 2.43 bits per heavy atom. The van der Waals surface area contributed by atoms with Crippen LogP contribution in [-0.2, 0) is 5.79 Å². The SMILES string of the molecule is CCOc1cccc(C(N)(N)N)c1N. The lowest BCUT2D eigenvalue weighted by molar-refractivity contribution is 0.340. The molecule has 0 saturated heterocycles. The molecule has 1 aromatic carbocycles. The van der Waals surface area contributed by atoms with Crippen molar-refractivity contribution in [2.75, 3.05) is 12.3 Å². The largest absolute Gasteiger partial charge is 0.492 e. The van der Waals surface area contributed by atoms with Crippen LogP contribution in [0, 0.1) is 0 Å². The third-order valence-electron chi connectivity index (χ3n) is 1.83. The van der Waals surface area contributed by atoms with Gasteiger partial charge in [0.15, 0.2) is 0 Å². The number of nitrogens with two attached hydrogens (primary N) is 4. The van der Waals surface area contributed by atoms with Crippen LogP contribution in [-0.4, -0.2) is 6.61 Å². The van der Waals surface area contributed by atoms with Gasteiger partial charge in [0.1, 0.15) is 11.5 Å². The first kappa shape index (κ1) is 10.8. The fourth-order valence-electron chi connectivity index (χ4n) is 1.20. The number of ether oxygens (including phenoxy) is 1. The Hall–Kier alpha value is -1.30. The molecule has 0 saturated carbocycles. The summed E-state index contributed by atoms with van der Waals surface area (Å²) in [4.78, 5) is 0. The summed E-state index contributed by atoms with van der Waals surface area (Å²) in [6.45, 7) is 2.40. The van der Waals surface area contributed by atoms with E-state index in [0.717, 1.165) is 0 Å². The van der Waals surface area contributed by atoms with E-state index >= 15 is 0 Å². The minimum atomic E-state index is -1.43. The molecule has 1 aromatic rings. The highest BCUT2D eigenvalue weighted by atomic mass is 16.5. The second-order valence-corrected chi connectivity index (χ2v) is 3.08. The van der Waals surface area contributed by atoms with E-state index in [-0.39, 0.29) is 0 Å². The van der Waals surface area contributed by atoms with E-state index in [9.17, 15) is 0 Å². The van der Waals surface area contributed by atoms with Crippen LogP contribution < -0.4 is 27.7 Å². The van der Waals surface area contributed by atoms with Crippen molar-refractivity contribution < 1.29 is 4.74 Å². The lowest BCUT2D eigenvalue weighted by Crippen LogP contribution is -2.54. The molecule has 0 unspecified atom stereocenters. The third kappa shape index (κ3) is 2.14.